The molecule has 96 valence electrons. The van der Waals surface area contributed by atoms with E-state index in [2.05, 4.69) is 22.4 Å². The Kier molecular flexibility index (Phi) is 5.85. The van der Waals surface area contributed by atoms with Crippen molar-refractivity contribution in [3.63, 3.8) is 0 Å². The monoisotopic (exact) mass is 244 g/mol. The minimum absolute atomic E-state index is 0.0851. The van der Waals surface area contributed by atoms with Gasteiger partial charge in [0.25, 0.3) is 5.91 Å². The van der Waals surface area contributed by atoms with E-state index in [0.717, 1.165) is 6.42 Å². The van der Waals surface area contributed by atoms with E-state index in [1.54, 1.807) is 19.2 Å². The van der Waals surface area contributed by atoms with Gasteiger partial charge in [-0.1, -0.05) is 36.4 Å². The van der Waals surface area contributed by atoms with Crippen LogP contribution in [-0.2, 0) is 11.2 Å². The van der Waals surface area contributed by atoms with Gasteiger partial charge >= 0.3 is 0 Å². The normalized spacial score (nSPS) is 13.6. The molecule has 0 aromatic heterocycles. The van der Waals surface area contributed by atoms with Gasteiger partial charge in [0, 0.05) is 12.3 Å². The molecule has 1 atom stereocenters. The van der Waals surface area contributed by atoms with E-state index in [1.807, 2.05) is 32.0 Å². The quantitative estimate of drug-likeness (QED) is 0.628. The predicted octanol–water partition coefficient (Wildman–Crippen LogP) is 2.73. The number of amides is 1. The Morgan fingerprint density at radius 3 is 2.56 bits per heavy atom. The molecule has 0 aliphatic heterocycles. The topological polar surface area (TPSA) is 41.5 Å². The minimum atomic E-state index is -0.126. The fourth-order valence-corrected chi connectivity index (χ4v) is 1.72. The first-order valence-electron chi connectivity index (χ1n) is 6.17. The van der Waals surface area contributed by atoms with Crippen LogP contribution in [0.3, 0.4) is 0 Å². The number of hydrogen-bond acceptors (Lipinski definition) is 2. The summed E-state index contributed by atoms with van der Waals surface area (Å²) in [5.74, 6) is -0.126. The Balaban J connectivity index is 2.55. The highest BCUT2D eigenvalue weighted by atomic mass is 16.2. The summed E-state index contributed by atoms with van der Waals surface area (Å²) in [7, 11) is 0. The maximum atomic E-state index is 11.9. The van der Waals surface area contributed by atoms with Crippen LogP contribution < -0.4 is 5.32 Å². The average Bonchev–Trinajstić information content (AvgIpc) is 2.36. The molecule has 1 aromatic carbocycles. The van der Waals surface area contributed by atoms with Crippen LogP contribution in [0.15, 0.2) is 47.1 Å². The summed E-state index contributed by atoms with van der Waals surface area (Å²) in [4.78, 5) is 15.9. The van der Waals surface area contributed by atoms with Gasteiger partial charge in [-0.05, 0) is 32.8 Å². The maximum Gasteiger partial charge on any atom is 0.269 e. The number of carbonyl (C=O) groups is 1. The molecule has 0 radical (unpaired) electrons. The van der Waals surface area contributed by atoms with Crippen molar-refractivity contribution in [2.45, 2.75) is 33.2 Å². The van der Waals surface area contributed by atoms with Gasteiger partial charge in [0.05, 0.1) is 0 Å². The third-order valence-corrected chi connectivity index (χ3v) is 2.54. The number of aliphatic imine (C=N–C) groups is 1. The Labute approximate surface area is 109 Å². The predicted molar refractivity (Wildman–Crippen MR) is 75.7 cm³/mol. The first-order valence-corrected chi connectivity index (χ1v) is 6.17. The molecule has 3 heteroatoms. The van der Waals surface area contributed by atoms with E-state index in [9.17, 15) is 4.79 Å². The Morgan fingerprint density at radius 1 is 1.33 bits per heavy atom. The fourth-order valence-electron chi connectivity index (χ4n) is 1.72. The Hall–Kier alpha value is -1.90. The Bertz CT molecular complexity index is 435. The van der Waals surface area contributed by atoms with E-state index in [0.29, 0.717) is 5.70 Å². The van der Waals surface area contributed by atoms with E-state index in [1.165, 1.54) is 5.56 Å². The van der Waals surface area contributed by atoms with Gasteiger partial charge in [-0.25, -0.2) is 0 Å². The van der Waals surface area contributed by atoms with Gasteiger partial charge in [0.2, 0.25) is 0 Å². The standard InChI is InChI=1S/C15H20N2O/c1-4-14(16-5-2)15(18)17-12(3)11-13-9-7-6-8-10-13/h4-10,12H,11H2,1-3H3,(H,17,18)/b14-4-,16-5-. The molecule has 0 spiro atoms. The van der Waals surface area contributed by atoms with Crippen molar-refractivity contribution < 1.29 is 4.79 Å². The summed E-state index contributed by atoms with van der Waals surface area (Å²) >= 11 is 0. The van der Waals surface area contributed by atoms with Crippen LogP contribution in [0.5, 0.6) is 0 Å². The van der Waals surface area contributed by atoms with Crippen molar-refractivity contribution in [1.29, 1.82) is 0 Å². The van der Waals surface area contributed by atoms with Crippen LogP contribution in [0.4, 0.5) is 0 Å². The smallest absolute Gasteiger partial charge is 0.269 e. The van der Waals surface area contributed by atoms with E-state index in [4.69, 9.17) is 0 Å². The second kappa shape index (κ2) is 7.43. The molecule has 0 heterocycles. The molecule has 18 heavy (non-hydrogen) atoms. The van der Waals surface area contributed by atoms with Crippen molar-refractivity contribution in [2.75, 3.05) is 0 Å². The first kappa shape index (κ1) is 14.2. The average molecular weight is 244 g/mol. The van der Waals surface area contributed by atoms with Crippen molar-refractivity contribution in [2.24, 2.45) is 4.99 Å². The van der Waals surface area contributed by atoms with E-state index >= 15 is 0 Å². The zero-order valence-corrected chi connectivity index (χ0v) is 11.2. The highest BCUT2D eigenvalue weighted by Gasteiger charge is 2.10. The van der Waals surface area contributed by atoms with Crippen LogP contribution in [0.25, 0.3) is 0 Å². The van der Waals surface area contributed by atoms with Gasteiger partial charge in [-0.2, -0.15) is 0 Å². The summed E-state index contributed by atoms with van der Waals surface area (Å²) in [5, 5.41) is 2.94. The van der Waals surface area contributed by atoms with Crippen LogP contribution in [0, 0.1) is 0 Å². The molecule has 1 N–H and O–H groups in total. The SMILES string of the molecule is C/C=N\C(=C/C)C(=O)NC(C)Cc1ccccc1. The second-order valence-corrected chi connectivity index (χ2v) is 4.13. The molecule has 1 unspecified atom stereocenters. The zero-order valence-electron chi connectivity index (χ0n) is 11.2. The highest BCUT2D eigenvalue weighted by molar-refractivity contribution is 5.94. The number of nitrogens with one attached hydrogen (secondary N) is 1. The molecule has 3 nitrogen and oxygen atoms in total. The number of allylic oxidation sites excluding steroid dienone is 1. The summed E-state index contributed by atoms with van der Waals surface area (Å²) in [6.45, 7) is 5.60. The third kappa shape index (κ3) is 4.53. The second-order valence-electron chi connectivity index (χ2n) is 4.13. The van der Waals surface area contributed by atoms with Crippen molar-refractivity contribution in [3.05, 3.63) is 47.7 Å². The number of rotatable bonds is 5. The molecular formula is C15H20N2O. The summed E-state index contributed by atoms with van der Waals surface area (Å²) in [6.07, 6.45) is 4.15. The van der Waals surface area contributed by atoms with E-state index in [-0.39, 0.29) is 11.9 Å². The zero-order chi connectivity index (χ0) is 13.4. The van der Waals surface area contributed by atoms with Gasteiger partial charge in [-0.15, -0.1) is 0 Å². The number of benzene rings is 1. The molecule has 1 aromatic rings. The largest absolute Gasteiger partial charge is 0.348 e. The third-order valence-electron chi connectivity index (χ3n) is 2.54. The number of hydrogen-bond donors (Lipinski definition) is 1. The maximum absolute atomic E-state index is 11.9. The van der Waals surface area contributed by atoms with Crippen LogP contribution in [0.1, 0.15) is 26.3 Å². The lowest BCUT2D eigenvalue weighted by atomic mass is 10.1. The van der Waals surface area contributed by atoms with Gasteiger partial charge in [0.1, 0.15) is 5.70 Å². The van der Waals surface area contributed by atoms with E-state index < -0.39 is 0 Å². The van der Waals surface area contributed by atoms with Gasteiger partial charge in [0.15, 0.2) is 0 Å². The Morgan fingerprint density at radius 2 is 2.00 bits per heavy atom. The molecular weight excluding hydrogens is 224 g/mol. The lowest BCUT2D eigenvalue weighted by molar-refractivity contribution is -0.118. The molecule has 0 fully saturated rings. The molecule has 0 aliphatic rings. The molecule has 0 saturated heterocycles. The molecule has 1 amide bonds. The molecule has 1 rings (SSSR count). The lowest BCUT2D eigenvalue weighted by Gasteiger charge is -2.14. The number of carbonyl (C=O) groups excluding carboxylic acids is 1. The summed E-state index contributed by atoms with van der Waals surface area (Å²) < 4.78 is 0. The lowest BCUT2D eigenvalue weighted by Crippen LogP contribution is -2.34. The summed E-state index contributed by atoms with van der Waals surface area (Å²) in [6, 6.07) is 10.2. The van der Waals surface area contributed by atoms with Crippen LogP contribution >= 0.6 is 0 Å². The van der Waals surface area contributed by atoms with Crippen molar-refractivity contribution in [3.8, 4) is 0 Å². The van der Waals surface area contributed by atoms with Crippen LogP contribution in [-0.4, -0.2) is 18.2 Å². The first-order chi connectivity index (χ1) is 8.67. The van der Waals surface area contributed by atoms with Crippen molar-refractivity contribution >= 4 is 12.1 Å². The fraction of sp³-hybridized carbons (Fsp3) is 0.333. The van der Waals surface area contributed by atoms with Gasteiger partial charge < -0.3 is 5.32 Å². The number of nitrogens with zero attached hydrogens (tertiary/aromatic N) is 1. The summed E-state index contributed by atoms with van der Waals surface area (Å²) in [5.41, 5.74) is 1.67. The van der Waals surface area contributed by atoms with Gasteiger partial charge in [-0.3, -0.25) is 9.79 Å². The minimum Gasteiger partial charge on any atom is -0.348 e. The molecule has 0 bridgehead atoms. The molecule has 0 aliphatic carbocycles. The van der Waals surface area contributed by atoms with Crippen LogP contribution in [0.2, 0.25) is 0 Å². The highest BCUT2D eigenvalue weighted by Crippen LogP contribution is 2.04. The van der Waals surface area contributed by atoms with Crippen molar-refractivity contribution in [1.82, 2.24) is 5.32 Å². The molecule has 0 saturated carbocycles.